The summed E-state index contributed by atoms with van der Waals surface area (Å²) in [6, 6.07) is 6.52. The Kier molecular flexibility index (Phi) is 3.75. The van der Waals surface area contributed by atoms with E-state index in [1.807, 2.05) is 6.92 Å². The van der Waals surface area contributed by atoms with E-state index in [9.17, 15) is 9.18 Å². The molecule has 0 amide bonds. The lowest BCUT2D eigenvalue weighted by Gasteiger charge is -2.11. The minimum Gasteiger partial charge on any atom is -0.465 e. The normalized spacial score (nSPS) is 10.6. The number of rotatable bonds is 2. The molecule has 0 bridgehead atoms. The number of carbonyl (C=O) groups excluding carboxylic acids is 1. The van der Waals surface area contributed by atoms with Gasteiger partial charge in [0.1, 0.15) is 5.82 Å². The van der Waals surface area contributed by atoms with Crippen LogP contribution in [-0.4, -0.2) is 17.6 Å². The van der Waals surface area contributed by atoms with E-state index in [-0.39, 0.29) is 5.82 Å². The minimum atomic E-state index is -0.420. The average molecular weight is 326 g/mol. The molecule has 0 unspecified atom stereocenters. The summed E-state index contributed by atoms with van der Waals surface area (Å²) in [5, 5.41) is 0. The number of halogens is 2. The molecule has 2 aromatic rings. The van der Waals surface area contributed by atoms with Crippen LogP contribution in [0.2, 0.25) is 0 Å². The molecular formula is C14H13BrFNO2. The molecule has 0 atom stereocenters. The highest BCUT2D eigenvalue weighted by Gasteiger charge is 2.18. The SMILES string of the molecule is COC(=O)c1cc(C)n(-c2ccc(Br)cc2F)c1C. The minimum absolute atomic E-state index is 0.354. The van der Waals surface area contributed by atoms with Crippen molar-refractivity contribution >= 4 is 21.9 Å². The lowest BCUT2D eigenvalue weighted by Crippen LogP contribution is -2.06. The number of ether oxygens (including phenoxy) is 1. The fraction of sp³-hybridized carbons (Fsp3) is 0.214. The van der Waals surface area contributed by atoms with Gasteiger partial charge in [-0.3, -0.25) is 0 Å². The molecule has 1 heterocycles. The van der Waals surface area contributed by atoms with Gasteiger partial charge in [0.15, 0.2) is 0 Å². The first-order valence-electron chi connectivity index (χ1n) is 5.68. The summed E-state index contributed by atoms with van der Waals surface area (Å²) in [4.78, 5) is 11.6. The Morgan fingerprint density at radius 1 is 1.32 bits per heavy atom. The molecule has 0 radical (unpaired) electrons. The maximum Gasteiger partial charge on any atom is 0.339 e. The van der Waals surface area contributed by atoms with Crippen molar-refractivity contribution in [2.75, 3.05) is 7.11 Å². The maximum atomic E-state index is 14.0. The number of carbonyl (C=O) groups is 1. The second-order valence-corrected chi connectivity index (χ2v) is 5.12. The third kappa shape index (κ3) is 2.42. The molecule has 3 nitrogen and oxygen atoms in total. The molecule has 2 rings (SSSR count). The van der Waals surface area contributed by atoms with Gasteiger partial charge in [0.05, 0.1) is 18.4 Å². The summed E-state index contributed by atoms with van der Waals surface area (Å²) in [5.74, 6) is -0.774. The number of benzene rings is 1. The largest absolute Gasteiger partial charge is 0.465 e. The molecule has 0 spiro atoms. The second-order valence-electron chi connectivity index (χ2n) is 4.21. The maximum absolute atomic E-state index is 14.0. The standard InChI is InChI=1S/C14H13BrFNO2/c1-8-6-11(14(18)19-3)9(2)17(8)13-5-4-10(15)7-12(13)16/h4-7H,1-3H3. The third-order valence-corrected chi connectivity index (χ3v) is 3.48. The molecule has 0 aliphatic carbocycles. The first-order valence-corrected chi connectivity index (χ1v) is 6.47. The van der Waals surface area contributed by atoms with Crippen LogP contribution in [0, 0.1) is 19.7 Å². The lowest BCUT2D eigenvalue weighted by atomic mass is 10.2. The molecule has 5 heteroatoms. The smallest absolute Gasteiger partial charge is 0.339 e. The van der Waals surface area contributed by atoms with Gasteiger partial charge in [0, 0.05) is 15.9 Å². The predicted octanol–water partition coefficient (Wildman–Crippen LogP) is 3.78. The average Bonchev–Trinajstić information content (AvgIpc) is 2.65. The molecule has 0 N–H and O–H groups in total. The summed E-state index contributed by atoms with van der Waals surface area (Å²) in [6.07, 6.45) is 0. The summed E-state index contributed by atoms with van der Waals surface area (Å²) in [7, 11) is 1.33. The van der Waals surface area contributed by atoms with Gasteiger partial charge in [-0.15, -0.1) is 0 Å². The van der Waals surface area contributed by atoms with Crippen molar-refractivity contribution in [1.82, 2.24) is 4.57 Å². The summed E-state index contributed by atoms with van der Waals surface area (Å²) in [5.41, 5.74) is 2.29. The topological polar surface area (TPSA) is 31.2 Å². The summed E-state index contributed by atoms with van der Waals surface area (Å²) in [6.45, 7) is 3.58. The zero-order valence-electron chi connectivity index (χ0n) is 10.8. The van der Waals surface area contributed by atoms with Gasteiger partial charge in [0.25, 0.3) is 0 Å². The monoisotopic (exact) mass is 325 g/mol. The first kappa shape index (κ1) is 13.8. The summed E-state index contributed by atoms with van der Waals surface area (Å²) >= 11 is 3.22. The molecule has 0 saturated heterocycles. The summed E-state index contributed by atoms with van der Waals surface area (Å²) < 4.78 is 21.1. The van der Waals surface area contributed by atoms with Gasteiger partial charge in [0.2, 0.25) is 0 Å². The Morgan fingerprint density at radius 2 is 2.00 bits per heavy atom. The van der Waals surface area contributed by atoms with E-state index >= 15 is 0 Å². The number of aromatic nitrogens is 1. The van der Waals surface area contributed by atoms with E-state index in [1.165, 1.54) is 13.2 Å². The van der Waals surface area contributed by atoms with Gasteiger partial charge in [-0.05, 0) is 38.1 Å². The second kappa shape index (κ2) is 5.17. The molecular weight excluding hydrogens is 313 g/mol. The Morgan fingerprint density at radius 3 is 2.58 bits per heavy atom. The molecule has 1 aromatic carbocycles. The van der Waals surface area contributed by atoms with Crippen molar-refractivity contribution < 1.29 is 13.9 Å². The fourth-order valence-corrected chi connectivity index (χ4v) is 2.45. The highest BCUT2D eigenvalue weighted by molar-refractivity contribution is 9.10. The van der Waals surface area contributed by atoms with Crippen LogP contribution >= 0.6 is 15.9 Å². The number of nitrogens with zero attached hydrogens (tertiary/aromatic N) is 1. The van der Waals surface area contributed by atoms with Gasteiger partial charge in [-0.25, -0.2) is 9.18 Å². The van der Waals surface area contributed by atoms with E-state index in [4.69, 9.17) is 4.74 Å². The van der Waals surface area contributed by atoms with Crippen LogP contribution in [-0.2, 0) is 4.74 Å². The Hall–Kier alpha value is -1.62. The van der Waals surface area contributed by atoms with Crippen molar-refractivity contribution in [2.45, 2.75) is 13.8 Å². The van der Waals surface area contributed by atoms with E-state index < -0.39 is 5.97 Å². The molecule has 100 valence electrons. The molecule has 0 saturated carbocycles. The zero-order chi connectivity index (χ0) is 14.2. The van der Waals surface area contributed by atoms with E-state index in [1.54, 1.807) is 29.7 Å². The Bertz CT molecular complexity index is 649. The van der Waals surface area contributed by atoms with Crippen molar-refractivity contribution in [3.8, 4) is 5.69 Å². The molecule has 0 aliphatic heterocycles. The first-order chi connectivity index (χ1) is 8.95. The van der Waals surface area contributed by atoms with Crippen molar-refractivity contribution in [3.05, 3.63) is 51.5 Å². The van der Waals surface area contributed by atoms with Crippen LogP contribution in [0.3, 0.4) is 0 Å². The van der Waals surface area contributed by atoms with E-state index in [0.29, 0.717) is 21.4 Å². The van der Waals surface area contributed by atoms with Crippen LogP contribution in [0.5, 0.6) is 0 Å². The number of aryl methyl sites for hydroxylation is 1. The lowest BCUT2D eigenvalue weighted by molar-refractivity contribution is 0.0600. The van der Waals surface area contributed by atoms with Gasteiger partial charge in [-0.1, -0.05) is 15.9 Å². The Labute approximate surface area is 119 Å². The number of esters is 1. The van der Waals surface area contributed by atoms with E-state index in [0.717, 1.165) is 5.69 Å². The zero-order valence-corrected chi connectivity index (χ0v) is 12.4. The fourth-order valence-electron chi connectivity index (χ4n) is 2.11. The number of methoxy groups -OCH3 is 1. The Balaban J connectivity index is 2.63. The highest BCUT2D eigenvalue weighted by Crippen LogP contribution is 2.25. The highest BCUT2D eigenvalue weighted by atomic mass is 79.9. The van der Waals surface area contributed by atoms with Gasteiger partial charge < -0.3 is 9.30 Å². The quantitative estimate of drug-likeness (QED) is 0.787. The van der Waals surface area contributed by atoms with Crippen LogP contribution < -0.4 is 0 Å². The number of hydrogen-bond donors (Lipinski definition) is 0. The van der Waals surface area contributed by atoms with Crippen LogP contribution in [0.25, 0.3) is 5.69 Å². The van der Waals surface area contributed by atoms with Crippen LogP contribution in [0.4, 0.5) is 4.39 Å². The molecule has 19 heavy (non-hydrogen) atoms. The predicted molar refractivity (Wildman–Crippen MR) is 74.2 cm³/mol. The van der Waals surface area contributed by atoms with Crippen LogP contribution in [0.15, 0.2) is 28.7 Å². The van der Waals surface area contributed by atoms with Gasteiger partial charge >= 0.3 is 5.97 Å². The molecule has 0 aliphatic rings. The third-order valence-electron chi connectivity index (χ3n) is 2.99. The van der Waals surface area contributed by atoms with Crippen molar-refractivity contribution in [2.24, 2.45) is 0 Å². The van der Waals surface area contributed by atoms with Gasteiger partial charge in [-0.2, -0.15) is 0 Å². The van der Waals surface area contributed by atoms with Crippen molar-refractivity contribution in [1.29, 1.82) is 0 Å². The van der Waals surface area contributed by atoms with E-state index in [2.05, 4.69) is 15.9 Å². The van der Waals surface area contributed by atoms with Crippen LogP contribution in [0.1, 0.15) is 21.7 Å². The van der Waals surface area contributed by atoms with Crippen molar-refractivity contribution in [3.63, 3.8) is 0 Å². The molecule has 0 fully saturated rings. The molecule has 1 aromatic heterocycles. The number of hydrogen-bond acceptors (Lipinski definition) is 2.